The van der Waals surface area contributed by atoms with Crippen LogP contribution in [0.15, 0.2) is 18.2 Å². The first kappa shape index (κ1) is 9.95. The van der Waals surface area contributed by atoms with E-state index in [1.54, 1.807) is 6.07 Å². The van der Waals surface area contributed by atoms with Gasteiger partial charge in [-0.25, -0.2) is 4.39 Å². The molecule has 72 valence electrons. The van der Waals surface area contributed by atoms with Gasteiger partial charge in [-0.05, 0) is 17.7 Å². The maximum absolute atomic E-state index is 12.8. The number of nitrogens with two attached hydrogens (primary N) is 1. The Morgan fingerprint density at radius 3 is 2.85 bits per heavy atom. The van der Waals surface area contributed by atoms with Gasteiger partial charge in [0.25, 0.3) is 0 Å². The van der Waals surface area contributed by atoms with Crippen LogP contribution >= 0.6 is 0 Å². The van der Waals surface area contributed by atoms with E-state index < -0.39 is 5.82 Å². The number of methoxy groups -OCH3 is 1. The lowest BCUT2D eigenvalue weighted by Crippen LogP contribution is -2.16. The lowest BCUT2D eigenvalue weighted by Gasteiger charge is -2.10. The predicted octanol–water partition coefficient (Wildman–Crippen LogP) is 1.18. The van der Waals surface area contributed by atoms with Gasteiger partial charge in [0.15, 0.2) is 11.6 Å². The van der Waals surface area contributed by atoms with Gasteiger partial charge in [-0.2, -0.15) is 0 Å². The predicted molar refractivity (Wildman–Crippen MR) is 46.9 cm³/mol. The van der Waals surface area contributed by atoms with Gasteiger partial charge < -0.3 is 15.6 Å². The molecule has 1 aromatic rings. The number of benzene rings is 1. The molecule has 3 nitrogen and oxygen atoms in total. The van der Waals surface area contributed by atoms with Crippen molar-refractivity contribution in [3.8, 4) is 5.75 Å². The molecule has 13 heavy (non-hydrogen) atoms. The van der Waals surface area contributed by atoms with Crippen molar-refractivity contribution in [2.24, 2.45) is 5.73 Å². The molecule has 0 aliphatic rings. The molecule has 0 aliphatic heterocycles. The first-order valence-electron chi connectivity index (χ1n) is 3.88. The Kier molecular flexibility index (Phi) is 3.22. The summed E-state index contributed by atoms with van der Waals surface area (Å²) in [5.41, 5.74) is 6.26. The highest BCUT2D eigenvalue weighted by molar-refractivity contribution is 5.29. The molecule has 0 aliphatic carbocycles. The number of phenols is 1. The van der Waals surface area contributed by atoms with E-state index in [4.69, 9.17) is 15.6 Å². The summed E-state index contributed by atoms with van der Waals surface area (Å²) in [5.74, 6) is -1.03. The highest BCUT2D eigenvalue weighted by Crippen LogP contribution is 2.19. The standard InChI is InChI=1S/C9H12FNO2/c1-13-5-8(11)6-2-3-9(12)7(10)4-6/h2-4,8,12H,5,11H2,1H3. The average molecular weight is 185 g/mol. The number of ether oxygens (including phenoxy) is 1. The van der Waals surface area contributed by atoms with Crippen LogP contribution in [0, 0.1) is 5.82 Å². The minimum absolute atomic E-state index is 0.324. The van der Waals surface area contributed by atoms with E-state index in [9.17, 15) is 4.39 Å². The Hall–Kier alpha value is -1.13. The quantitative estimate of drug-likeness (QED) is 0.743. The molecule has 0 spiro atoms. The maximum Gasteiger partial charge on any atom is 0.165 e. The monoisotopic (exact) mass is 185 g/mol. The second-order valence-corrected chi connectivity index (χ2v) is 2.77. The van der Waals surface area contributed by atoms with E-state index in [0.717, 1.165) is 0 Å². The van der Waals surface area contributed by atoms with E-state index in [1.165, 1.54) is 19.2 Å². The van der Waals surface area contributed by atoms with Gasteiger partial charge in [-0.3, -0.25) is 0 Å². The number of hydrogen-bond acceptors (Lipinski definition) is 3. The second kappa shape index (κ2) is 4.20. The zero-order valence-corrected chi connectivity index (χ0v) is 7.33. The van der Waals surface area contributed by atoms with Crippen molar-refractivity contribution in [3.05, 3.63) is 29.6 Å². The minimum Gasteiger partial charge on any atom is -0.505 e. The number of rotatable bonds is 3. The highest BCUT2D eigenvalue weighted by atomic mass is 19.1. The lowest BCUT2D eigenvalue weighted by molar-refractivity contribution is 0.181. The largest absolute Gasteiger partial charge is 0.505 e. The summed E-state index contributed by atoms with van der Waals surface area (Å²) in [6.07, 6.45) is 0. The Bertz CT molecular complexity index is 291. The van der Waals surface area contributed by atoms with Gasteiger partial charge in [0, 0.05) is 7.11 Å². The second-order valence-electron chi connectivity index (χ2n) is 2.77. The van der Waals surface area contributed by atoms with Crippen molar-refractivity contribution in [2.45, 2.75) is 6.04 Å². The van der Waals surface area contributed by atoms with Crippen LogP contribution in [0.4, 0.5) is 4.39 Å². The van der Waals surface area contributed by atoms with E-state index >= 15 is 0 Å². The summed E-state index contributed by atoms with van der Waals surface area (Å²) in [5, 5.41) is 8.91. The SMILES string of the molecule is COCC(N)c1ccc(O)c(F)c1. The third-order valence-electron chi connectivity index (χ3n) is 1.75. The third kappa shape index (κ3) is 2.40. The van der Waals surface area contributed by atoms with Gasteiger partial charge in [-0.1, -0.05) is 6.07 Å². The van der Waals surface area contributed by atoms with Crippen LogP contribution in [0.25, 0.3) is 0 Å². The summed E-state index contributed by atoms with van der Waals surface area (Å²) >= 11 is 0. The Morgan fingerprint density at radius 1 is 1.62 bits per heavy atom. The molecular weight excluding hydrogens is 173 g/mol. The topological polar surface area (TPSA) is 55.5 Å². The molecule has 0 saturated carbocycles. The van der Waals surface area contributed by atoms with E-state index in [2.05, 4.69) is 0 Å². The fourth-order valence-corrected chi connectivity index (χ4v) is 1.03. The molecule has 1 rings (SSSR count). The van der Waals surface area contributed by atoms with Crippen molar-refractivity contribution in [2.75, 3.05) is 13.7 Å². The molecule has 0 amide bonds. The van der Waals surface area contributed by atoms with Gasteiger partial charge >= 0.3 is 0 Å². The fraction of sp³-hybridized carbons (Fsp3) is 0.333. The van der Waals surface area contributed by atoms with Crippen LogP contribution in [-0.2, 0) is 4.74 Å². The maximum atomic E-state index is 12.8. The van der Waals surface area contributed by atoms with E-state index in [0.29, 0.717) is 12.2 Å². The fourth-order valence-electron chi connectivity index (χ4n) is 1.03. The van der Waals surface area contributed by atoms with Crippen LogP contribution in [0.2, 0.25) is 0 Å². The Morgan fingerprint density at radius 2 is 2.31 bits per heavy atom. The molecule has 0 radical (unpaired) electrons. The summed E-state index contributed by atoms with van der Waals surface area (Å²) in [6.45, 7) is 0.324. The number of phenolic OH excluding ortho intramolecular Hbond substituents is 1. The van der Waals surface area contributed by atoms with Crippen LogP contribution in [0.1, 0.15) is 11.6 Å². The number of halogens is 1. The van der Waals surface area contributed by atoms with Crippen molar-refractivity contribution in [1.82, 2.24) is 0 Å². The first-order valence-corrected chi connectivity index (χ1v) is 3.88. The van der Waals surface area contributed by atoms with Crippen LogP contribution in [0.5, 0.6) is 5.75 Å². The third-order valence-corrected chi connectivity index (χ3v) is 1.75. The molecule has 0 saturated heterocycles. The normalized spacial score (nSPS) is 12.8. The molecule has 0 heterocycles. The van der Waals surface area contributed by atoms with Crippen LogP contribution in [0.3, 0.4) is 0 Å². The van der Waals surface area contributed by atoms with Crippen molar-refractivity contribution < 1.29 is 14.2 Å². The lowest BCUT2D eigenvalue weighted by atomic mass is 10.1. The Balaban J connectivity index is 2.84. The van der Waals surface area contributed by atoms with Crippen molar-refractivity contribution >= 4 is 0 Å². The molecular formula is C9H12FNO2. The molecule has 1 aromatic carbocycles. The molecule has 0 fully saturated rings. The average Bonchev–Trinajstić information content (AvgIpc) is 2.10. The van der Waals surface area contributed by atoms with Gasteiger partial charge in [-0.15, -0.1) is 0 Å². The van der Waals surface area contributed by atoms with E-state index in [-0.39, 0.29) is 11.8 Å². The van der Waals surface area contributed by atoms with E-state index in [1.807, 2.05) is 0 Å². The number of aromatic hydroxyl groups is 1. The van der Waals surface area contributed by atoms with Gasteiger partial charge in [0.2, 0.25) is 0 Å². The minimum atomic E-state index is -0.663. The Labute approximate surface area is 75.9 Å². The molecule has 4 heteroatoms. The van der Waals surface area contributed by atoms with Gasteiger partial charge in [0.05, 0.1) is 12.6 Å². The highest BCUT2D eigenvalue weighted by Gasteiger charge is 2.08. The molecule has 0 aromatic heterocycles. The smallest absolute Gasteiger partial charge is 0.165 e. The van der Waals surface area contributed by atoms with Crippen LogP contribution in [-0.4, -0.2) is 18.8 Å². The number of hydrogen-bond donors (Lipinski definition) is 2. The van der Waals surface area contributed by atoms with Crippen LogP contribution < -0.4 is 5.73 Å². The molecule has 3 N–H and O–H groups in total. The van der Waals surface area contributed by atoms with Gasteiger partial charge in [0.1, 0.15) is 0 Å². The molecule has 1 unspecified atom stereocenters. The van der Waals surface area contributed by atoms with Crippen molar-refractivity contribution in [3.63, 3.8) is 0 Å². The summed E-state index contributed by atoms with van der Waals surface area (Å²) in [6, 6.07) is 3.70. The summed E-state index contributed by atoms with van der Waals surface area (Å²) in [7, 11) is 1.52. The zero-order valence-electron chi connectivity index (χ0n) is 7.33. The molecule has 0 bridgehead atoms. The summed E-state index contributed by atoms with van der Waals surface area (Å²) in [4.78, 5) is 0. The molecule has 1 atom stereocenters. The zero-order chi connectivity index (χ0) is 9.84. The summed E-state index contributed by atoms with van der Waals surface area (Å²) < 4.78 is 17.7. The first-order chi connectivity index (χ1) is 6.15. The van der Waals surface area contributed by atoms with Crippen molar-refractivity contribution in [1.29, 1.82) is 0 Å².